The number of hydrogen-bond donors (Lipinski definition) is 1. The maximum atomic E-state index is 4.16. The molecule has 0 aliphatic heterocycles. The number of nitrogens with one attached hydrogen (secondary N) is 1. The molecule has 0 aromatic carbocycles. The molecule has 0 fully saturated rings. The predicted molar refractivity (Wildman–Crippen MR) is 47.7 cm³/mol. The van der Waals surface area contributed by atoms with E-state index in [4.69, 9.17) is 0 Å². The van der Waals surface area contributed by atoms with Gasteiger partial charge in [-0.15, -0.1) is 5.10 Å². The number of nitrogens with zero attached hydrogens (tertiary/aromatic N) is 3. The van der Waals surface area contributed by atoms with E-state index < -0.39 is 0 Å². The Labute approximate surface area is 76.0 Å². The molecule has 0 atom stereocenters. The third kappa shape index (κ3) is 2.11. The van der Waals surface area contributed by atoms with Gasteiger partial charge in [-0.3, -0.25) is 10.1 Å². The Kier molecular flexibility index (Phi) is 2.31. The van der Waals surface area contributed by atoms with Crippen molar-refractivity contribution in [3.05, 3.63) is 48.4 Å². The summed E-state index contributed by atoms with van der Waals surface area (Å²) in [4.78, 5) is 4.16. The van der Waals surface area contributed by atoms with Gasteiger partial charge in [-0.1, -0.05) is 11.3 Å². The van der Waals surface area contributed by atoms with Gasteiger partial charge in [-0.2, -0.15) is 0 Å². The highest BCUT2D eigenvalue weighted by atomic mass is 15.3. The van der Waals surface area contributed by atoms with E-state index in [0.29, 0.717) is 0 Å². The van der Waals surface area contributed by atoms with E-state index >= 15 is 0 Å². The zero-order valence-electron chi connectivity index (χ0n) is 7.01. The van der Waals surface area contributed by atoms with Crippen molar-refractivity contribution in [3.8, 4) is 0 Å². The number of aromatic amines is 1. The molecule has 1 radical (unpaired) electrons. The lowest BCUT2D eigenvalue weighted by atomic mass is 10.2. The smallest absolute Gasteiger partial charge is 0.0831 e. The zero-order chi connectivity index (χ0) is 8.93. The number of pyridine rings is 1. The maximum Gasteiger partial charge on any atom is 0.0831 e. The third-order valence-corrected chi connectivity index (χ3v) is 1.68. The first kappa shape index (κ1) is 7.91. The van der Waals surface area contributed by atoms with Gasteiger partial charge in [0.25, 0.3) is 0 Å². The lowest BCUT2D eigenvalue weighted by Crippen LogP contribution is -1.91. The van der Waals surface area contributed by atoms with Crippen LogP contribution in [-0.2, 0) is 6.42 Å². The molecule has 4 nitrogen and oxygen atoms in total. The van der Waals surface area contributed by atoms with E-state index in [1.165, 1.54) is 0 Å². The number of rotatable bonds is 3. The van der Waals surface area contributed by atoms with Crippen molar-refractivity contribution in [1.82, 2.24) is 20.4 Å². The summed E-state index contributed by atoms with van der Waals surface area (Å²) in [5, 5.41) is 10.2. The standard InChI is InChI=1S/C9H9N4/c1-2-6-10-8(3-1)4-5-9-7-11-13-12-9/h1-4,6-7H,5H2,(H,11,12,13). The van der Waals surface area contributed by atoms with Crippen LogP contribution in [0.25, 0.3) is 0 Å². The molecule has 0 aliphatic carbocycles. The molecule has 2 aromatic rings. The fourth-order valence-electron chi connectivity index (χ4n) is 1.03. The second kappa shape index (κ2) is 3.80. The summed E-state index contributed by atoms with van der Waals surface area (Å²) in [6.45, 7) is 0. The normalized spacial score (nSPS) is 10.2. The monoisotopic (exact) mass is 173 g/mol. The van der Waals surface area contributed by atoms with Crippen LogP contribution in [-0.4, -0.2) is 20.4 Å². The molecular weight excluding hydrogens is 164 g/mol. The first-order chi connectivity index (χ1) is 6.45. The van der Waals surface area contributed by atoms with Crippen LogP contribution in [0.4, 0.5) is 0 Å². The van der Waals surface area contributed by atoms with Crippen molar-refractivity contribution in [2.75, 3.05) is 0 Å². The van der Waals surface area contributed by atoms with Gasteiger partial charge < -0.3 is 0 Å². The van der Waals surface area contributed by atoms with Crippen LogP contribution in [0.2, 0.25) is 0 Å². The Morgan fingerprint density at radius 2 is 2.38 bits per heavy atom. The van der Waals surface area contributed by atoms with Crippen molar-refractivity contribution >= 4 is 0 Å². The minimum absolute atomic E-state index is 0.757. The van der Waals surface area contributed by atoms with Gasteiger partial charge in [-0.05, 0) is 12.1 Å². The molecule has 0 amide bonds. The van der Waals surface area contributed by atoms with Crippen molar-refractivity contribution in [2.24, 2.45) is 0 Å². The average Bonchev–Trinajstić information content (AvgIpc) is 2.69. The quantitative estimate of drug-likeness (QED) is 0.753. The van der Waals surface area contributed by atoms with Crippen LogP contribution in [0, 0.1) is 6.42 Å². The molecule has 1 N–H and O–H groups in total. The van der Waals surface area contributed by atoms with Crippen LogP contribution >= 0.6 is 0 Å². The molecule has 0 saturated heterocycles. The first-order valence-electron chi connectivity index (χ1n) is 4.05. The second-order valence-electron chi connectivity index (χ2n) is 2.63. The summed E-state index contributed by atoms with van der Waals surface area (Å²) in [6, 6.07) is 5.81. The molecule has 2 aromatic heterocycles. The second-order valence-corrected chi connectivity index (χ2v) is 2.63. The SMILES string of the molecule is [CH](Cc1c[nH]nn1)c1ccccn1. The van der Waals surface area contributed by atoms with Gasteiger partial charge in [0.05, 0.1) is 5.69 Å². The summed E-state index contributed by atoms with van der Waals surface area (Å²) in [6.07, 6.45) is 6.32. The average molecular weight is 173 g/mol. The maximum absolute atomic E-state index is 4.16. The van der Waals surface area contributed by atoms with Crippen LogP contribution in [0.15, 0.2) is 30.6 Å². The third-order valence-electron chi connectivity index (χ3n) is 1.68. The topological polar surface area (TPSA) is 54.5 Å². The molecule has 2 rings (SSSR count). The minimum Gasteiger partial charge on any atom is -0.265 e. The van der Waals surface area contributed by atoms with Crippen molar-refractivity contribution in [2.45, 2.75) is 6.42 Å². The van der Waals surface area contributed by atoms with E-state index in [9.17, 15) is 0 Å². The Bertz CT molecular complexity index is 341. The van der Waals surface area contributed by atoms with E-state index in [1.54, 1.807) is 12.4 Å². The van der Waals surface area contributed by atoms with Gasteiger partial charge in [0.15, 0.2) is 0 Å². The van der Waals surface area contributed by atoms with Crippen molar-refractivity contribution < 1.29 is 0 Å². The van der Waals surface area contributed by atoms with Crippen LogP contribution in [0.1, 0.15) is 11.4 Å². The largest absolute Gasteiger partial charge is 0.265 e. The van der Waals surface area contributed by atoms with Crippen LogP contribution in [0.5, 0.6) is 0 Å². The number of H-pyrrole nitrogens is 1. The first-order valence-corrected chi connectivity index (χ1v) is 4.05. The van der Waals surface area contributed by atoms with Gasteiger partial charge >= 0.3 is 0 Å². The summed E-state index contributed by atoms with van der Waals surface area (Å²) < 4.78 is 0. The molecule has 0 unspecified atom stereocenters. The number of aromatic nitrogens is 4. The predicted octanol–water partition coefficient (Wildman–Crippen LogP) is 0.995. The van der Waals surface area contributed by atoms with Gasteiger partial charge in [-0.25, -0.2) is 0 Å². The lowest BCUT2D eigenvalue weighted by molar-refractivity contribution is 0.911. The molecule has 2 heterocycles. The van der Waals surface area contributed by atoms with E-state index in [1.807, 2.05) is 24.6 Å². The Morgan fingerprint density at radius 3 is 3.08 bits per heavy atom. The molecular formula is C9H9N4. The summed E-state index contributed by atoms with van der Waals surface area (Å²) >= 11 is 0. The molecule has 4 heteroatoms. The Hall–Kier alpha value is -1.71. The van der Waals surface area contributed by atoms with Gasteiger partial charge in [0.2, 0.25) is 0 Å². The highest BCUT2D eigenvalue weighted by Gasteiger charge is 1.97. The molecule has 0 bridgehead atoms. The van der Waals surface area contributed by atoms with Gasteiger partial charge in [0.1, 0.15) is 0 Å². The fraction of sp³-hybridized carbons (Fsp3) is 0.111. The zero-order valence-corrected chi connectivity index (χ0v) is 7.01. The van der Waals surface area contributed by atoms with Crippen molar-refractivity contribution in [1.29, 1.82) is 0 Å². The van der Waals surface area contributed by atoms with Crippen LogP contribution in [0.3, 0.4) is 0 Å². The van der Waals surface area contributed by atoms with E-state index in [2.05, 4.69) is 20.4 Å². The summed E-state index contributed by atoms with van der Waals surface area (Å²) in [5.41, 5.74) is 1.89. The molecule has 65 valence electrons. The number of hydrogen-bond acceptors (Lipinski definition) is 3. The molecule has 0 aliphatic rings. The fourth-order valence-corrected chi connectivity index (χ4v) is 1.03. The highest BCUT2D eigenvalue weighted by molar-refractivity contribution is 5.15. The Balaban J connectivity index is 1.94. The summed E-state index contributed by atoms with van der Waals surface area (Å²) in [5.74, 6) is 0. The lowest BCUT2D eigenvalue weighted by Gasteiger charge is -1.95. The van der Waals surface area contributed by atoms with E-state index in [0.717, 1.165) is 17.8 Å². The molecule has 0 spiro atoms. The minimum atomic E-state index is 0.757. The van der Waals surface area contributed by atoms with Gasteiger partial charge in [0, 0.05) is 30.9 Å². The highest BCUT2D eigenvalue weighted by Crippen LogP contribution is 2.02. The Morgan fingerprint density at radius 1 is 1.38 bits per heavy atom. The molecule has 13 heavy (non-hydrogen) atoms. The molecule has 0 saturated carbocycles. The van der Waals surface area contributed by atoms with Crippen molar-refractivity contribution in [3.63, 3.8) is 0 Å². The van der Waals surface area contributed by atoms with E-state index in [-0.39, 0.29) is 0 Å². The summed E-state index contributed by atoms with van der Waals surface area (Å²) in [7, 11) is 0. The van der Waals surface area contributed by atoms with Crippen LogP contribution < -0.4 is 0 Å².